The summed E-state index contributed by atoms with van der Waals surface area (Å²) in [5.41, 5.74) is 11.6. The number of benzene rings is 4. The molecule has 0 aliphatic carbocycles. The number of phenolic OH excluding ortho intramolecular Hbond substituents is 2. The van der Waals surface area contributed by atoms with Crippen molar-refractivity contribution in [2.24, 2.45) is 9.98 Å². The van der Waals surface area contributed by atoms with Gasteiger partial charge in [-0.05, 0) is 155 Å². The number of hydrogen-bond acceptors (Lipinski definition) is 5. The minimum Gasteiger partial charge on any atom is -0.507 e. The minimum absolute atomic E-state index is 0.139. The van der Waals surface area contributed by atoms with Crippen LogP contribution in [0.4, 0.5) is 17.1 Å². The Kier molecular flexibility index (Phi) is 29.9. The Labute approximate surface area is 411 Å². The molecule has 0 radical (unpaired) electrons. The van der Waals surface area contributed by atoms with Crippen molar-refractivity contribution < 1.29 is 10.2 Å². The predicted octanol–water partition coefficient (Wildman–Crippen LogP) is 19.1. The molecule has 0 atom stereocenters. The van der Waals surface area contributed by atoms with Crippen molar-refractivity contribution in [1.82, 2.24) is 0 Å². The van der Waals surface area contributed by atoms with Crippen LogP contribution >= 0.6 is 0 Å². The van der Waals surface area contributed by atoms with Crippen molar-refractivity contribution in [1.29, 1.82) is 0 Å². The molecule has 0 aliphatic heterocycles. The van der Waals surface area contributed by atoms with E-state index in [1.807, 2.05) is 18.2 Å². The van der Waals surface area contributed by atoms with Crippen LogP contribution in [0.5, 0.6) is 11.5 Å². The number of rotatable bonds is 34. The first-order valence-corrected chi connectivity index (χ1v) is 27.8. The van der Waals surface area contributed by atoms with Crippen molar-refractivity contribution in [2.75, 3.05) is 18.0 Å². The van der Waals surface area contributed by atoms with Gasteiger partial charge in [-0.2, -0.15) is 0 Å². The van der Waals surface area contributed by atoms with Gasteiger partial charge < -0.3 is 15.1 Å². The van der Waals surface area contributed by atoms with Crippen molar-refractivity contribution in [2.45, 2.75) is 235 Å². The van der Waals surface area contributed by atoms with Crippen LogP contribution in [0.2, 0.25) is 0 Å². The van der Waals surface area contributed by atoms with Gasteiger partial charge in [0.2, 0.25) is 0 Å². The summed E-state index contributed by atoms with van der Waals surface area (Å²) in [5, 5.41) is 21.9. The monoisotopic (exact) mass is 916 g/mol. The summed E-state index contributed by atoms with van der Waals surface area (Å²) in [7, 11) is 0. The van der Waals surface area contributed by atoms with Gasteiger partial charge >= 0.3 is 0 Å². The molecule has 0 amide bonds. The predicted molar refractivity (Wildman–Crippen MR) is 298 cm³/mol. The van der Waals surface area contributed by atoms with E-state index in [4.69, 9.17) is 9.98 Å². The largest absolute Gasteiger partial charge is 0.507 e. The fraction of sp³-hybridized carbons (Fsp3) is 0.613. The Morgan fingerprint density at radius 3 is 1.40 bits per heavy atom. The molecule has 5 heteroatoms. The van der Waals surface area contributed by atoms with Crippen LogP contribution in [0, 0.1) is 0 Å². The Hall–Kier alpha value is -4.12. The Morgan fingerprint density at radius 2 is 0.896 bits per heavy atom. The number of unbranched alkanes of at least 4 members (excludes halogenated alkanes) is 16. The van der Waals surface area contributed by atoms with E-state index in [1.54, 1.807) is 6.07 Å². The van der Waals surface area contributed by atoms with Gasteiger partial charge in [-0.3, -0.25) is 9.98 Å². The summed E-state index contributed by atoms with van der Waals surface area (Å²) in [6, 6.07) is 21.2. The first kappa shape index (κ1) is 57.2. The van der Waals surface area contributed by atoms with Crippen LogP contribution in [0.3, 0.4) is 0 Å². The van der Waals surface area contributed by atoms with E-state index >= 15 is 0 Å². The molecule has 0 fully saturated rings. The van der Waals surface area contributed by atoms with Crippen molar-refractivity contribution in [3.05, 3.63) is 88.5 Å². The highest BCUT2D eigenvalue weighted by atomic mass is 16.3. The maximum atomic E-state index is 10.3. The topological polar surface area (TPSA) is 68.4 Å². The molecule has 67 heavy (non-hydrogen) atoms. The van der Waals surface area contributed by atoms with E-state index in [9.17, 15) is 10.2 Å². The van der Waals surface area contributed by atoms with E-state index in [0.29, 0.717) is 5.39 Å². The molecule has 0 saturated heterocycles. The fourth-order valence-corrected chi connectivity index (χ4v) is 9.36. The van der Waals surface area contributed by atoms with E-state index in [0.717, 1.165) is 85.3 Å². The van der Waals surface area contributed by atoms with E-state index in [-0.39, 0.29) is 11.5 Å². The Balaban J connectivity index is 0.000000469. The number of fused-ring (bicyclic) bond motifs is 1. The summed E-state index contributed by atoms with van der Waals surface area (Å²) in [5.74, 6) is 0.311. The maximum Gasteiger partial charge on any atom is 0.127 e. The normalized spacial score (nSPS) is 11.7. The van der Waals surface area contributed by atoms with E-state index < -0.39 is 0 Å². The molecule has 372 valence electrons. The average molecular weight is 916 g/mol. The van der Waals surface area contributed by atoms with Crippen LogP contribution in [-0.2, 0) is 32.1 Å². The third-order valence-electron chi connectivity index (χ3n) is 13.5. The molecule has 4 aromatic rings. The molecular formula is C62H97N3O2. The number of phenols is 2. The number of nitrogens with zero attached hydrogens (tertiary/aromatic N) is 3. The third kappa shape index (κ3) is 21.0. The summed E-state index contributed by atoms with van der Waals surface area (Å²) < 4.78 is 0. The second-order valence-electron chi connectivity index (χ2n) is 19.2. The smallest absolute Gasteiger partial charge is 0.127 e. The second kappa shape index (κ2) is 35.1. The van der Waals surface area contributed by atoms with Gasteiger partial charge in [0, 0.05) is 30.4 Å². The number of aromatic hydroxyl groups is 2. The summed E-state index contributed by atoms with van der Waals surface area (Å²) in [4.78, 5) is 12.6. The Bertz CT molecular complexity index is 1990. The van der Waals surface area contributed by atoms with E-state index in [2.05, 4.69) is 103 Å². The molecule has 5 nitrogen and oxygen atoms in total. The van der Waals surface area contributed by atoms with Gasteiger partial charge in [0.05, 0.1) is 22.5 Å². The molecule has 0 spiro atoms. The third-order valence-corrected chi connectivity index (χ3v) is 13.5. The number of hydrogen-bond donors (Lipinski definition) is 2. The van der Waals surface area contributed by atoms with Crippen LogP contribution in [-0.4, -0.2) is 35.2 Å². The van der Waals surface area contributed by atoms with Crippen LogP contribution in [0.1, 0.15) is 231 Å². The standard InChI is InChI=1S/C44H72N2.C18H25NO2/c1-6-11-16-17-18-19-20-21-22-23-24-25-30-44(46-43-34-32-39(27-13-8-3)41(36-43)29-15-10-5)37-45-42-33-31-38(26-12-7-2)40(35-42)28-14-9-4;1-4-7-9-13-12-16(21)17-14(10-8-11-15(17)20)18(13)19(5-2)6-3/h31-37H,6-30H2,1-5H3;8,10-12,20-21H,4-7,9H2,1-3H3. The summed E-state index contributed by atoms with van der Waals surface area (Å²) >= 11 is 0. The van der Waals surface area contributed by atoms with Crippen molar-refractivity contribution in [3.8, 4) is 11.5 Å². The lowest BCUT2D eigenvalue weighted by molar-refractivity contribution is 0.463. The molecular weight excluding hydrogens is 819 g/mol. The summed E-state index contributed by atoms with van der Waals surface area (Å²) in [6.45, 7) is 19.7. The van der Waals surface area contributed by atoms with Gasteiger partial charge in [0.15, 0.2) is 0 Å². The van der Waals surface area contributed by atoms with Gasteiger partial charge in [0.25, 0.3) is 0 Å². The zero-order valence-corrected chi connectivity index (χ0v) is 44.3. The number of aliphatic imine (C=N–C) groups is 2. The first-order valence-electron chi connectivity index (χ1n) is 27.8. The lowest BCUT2D eigenvalue weighted by Gasteiger charge is -2.27. The zero-order valence-electron chi connectivity index (χ0n) is 44.3. The second-order valence-corrected chi connectivity index (χ2v) is 19.2. The Morgan fingerprint density at radius 1 is 0.448 bits per heavy atom. The first-order chi connectivity index (χ1) is 32.8. The van der Waals surface area contributed by atoms with Gasteiger partial charge in [0.1, 0.15) is 11.5 Å². The van der Waals surface area contributed by atoms with Crippen molar-refractivity contribution >= 4 is 39.8 Å². The molecule has 2 N–H and O–H groups in total. The molecule has 0 unspecified atom stereocenters. The van der Waals surface area contributed by atoms with Crippen molar-refractivity contribution in [3.63, 3.8) is 0 Å². The number of aryl methyl sites for hydroxylation is 5. The molecule has 0 aliphatic rings. The molecule has 0 aromatic heterocycles. The molecule has 0 heterocycles. The minimum atomic E-state index is 0.139. The van der Waals surface area contributed by atoms with Gasteiger partial charge in [-0.25, -0.2) is 0 Å². The lowest BCUT2D eigenvalue weighted by Crippen LogP contribution is -2.23. The highest BCUT2D eigenvalue weighted by molar-refractivity contribution is 6.31. The fourth-order valence-electron chi connectivity index (χ4n) is 9.36. The zero-order chi connectivity index (χ0) is 48.5. The van der Waals surface area contributed by atoms with Crippen LogP contribution in [0.15, 0.2) is 70.6 Å². The maximum absolute atomic E-state index is 10.3. The number of anilines is 1. The quantitative estimate of drug-likeness (QED) is 0.0362. The van der Waals surface area contributed by atoms with Gasteiger partial charge in [-0.15, -0.1) is 0 Å². The highest BCUT2D eigenvalue weighted by Crippen LogP contribution is 2.41. The molecule has 0 saturated carbocycles. The molecule has 4 aromatic carbocycles. The van der Waals surface area contributed by atoms with Crippen LogP contribution < -0.4 is 4.90 Å². The summed E-state index contributed by atoms with van der Waals surface area (Å²) in [6.07, 6.45) is 37.3. The van der Waals surface area contributed by atoms with E-state index in [1.165, 1.54) is 164 Å². The van der Waals surface area contributed by atoms with Crippen LogP contribution in [0.25, 0.3) is 10.8 Å². The average Bonchev–Trinajstić information content (AvgIpc) is 3.34. The molecule has 0 bridgehead atoms. The molecule has 4 rings (SSSR count). The highest BCUT2D eigenvalue weighted by Gasteiger charge is 2.18. The lowest BCUT2D eigenvalue weighted by atomic mass is 9.97. The van der Waals surface area contributed by atoms with Gasteiger partial charge in [-0.1, -0.05) is 169 Å². The SMILES string of the molecule is CCCCCCCCCCCCCCC(C=Nc1ccc(CCCC)c(CCCC)c1)=Nc1ccc(CCCC)c(CCCC)c1.CCCCc1cc(O)c2c(O)cccc2c1N(CC)CC.